The number of nitriles is 1. The van der Waals surface area contributed by atoms with Gasteiger partial charge >= 0.3 is 0 Å². The van der Waals surface area contributed by atoms with Crippen molar-refractivity contribution in [2.45, 2.75) is 36.4 Å². The summed E-state index contributed by atoms with van der Waals surface area (Å²) >= 11 is 1.28. The Bertz CT molecular complexity index is 733. The van der Waals surface area contributed by atoms with Crippen molar-refractivity contribution in [2.75, 3.05) is 0 Å². The van der Waals surface area contributed by atoms with Gasteiger partial charge < -0.3 is 10.7 Å². The number of aromatic amines is 1. The maximum Gasteiger partial charge on any atom is 0.251 e. The standard InChI is InChI=1S/C15H16N4OS/c1-2-3-12-7-14(20)19-15(18-12)21-13-5-4-10(8-16)6-11(13)9-17/h4-7H,2-3,8,16H2,1H3,(H,18,19,20). The minimum absolute atomic E-state index is 0.173. The molecule has 0 saturated carbocycles. The third-order valence-corrected chi connectivity index (χ3v) is 3.85. The molecule has 1 heterocycles. The number of rotatable bonds is 5. The van der Waals surface area contributed by atoms with E-state index in [-0.39, 0.29) is 5.56 Å². The van der Waals surface area contributed by atoms with E-state index >= 15 is 0 Å². The number of hydrogen-bond donors (Lipinski definition) is 2. The predicted octanol–water partition coefficient (Wildman–Crippen LogP) is 2.20. The third-order valence-electron chi connectivity index (χ3n) is 2.89. The lowest BCUT2D eigenvalue weighted by atomic mass is 10.1. The summed E-state index contributed by atoms with van der Waals surface area (Å²) in [4.78, 5) is 19.5. The maximum atomic E-state index is 11.6. The molecule has 108 valence electrons. The van der Waals surface area contributed by atoms with E-state index < -0.39 is 0 Å². The molecule has 0 spiro atoms. The number of nitrogens with two attached hydrogens (primary N) is 1. The van der Waals surface area contributed by atoms with Crippen LogP contribution in [0.4, 0.5) is 0 Å². The van der Waals surface area contributed by atoms with Crippen LogP contribution in [0.15, 0.2) is 39.1 Å². The van der Waals surface area contributed by atoms with Crippen LogP contribution < -0.4 is 11.3 Å². The van der Waals surface area contributed by atoms with E-state index in [1.165, 1.54) is 17.8 Å². The van der Waals surface area contributed by atoms with Crippen LogP contribution in [0.5, 0.6) is 0 Å². The van der Waals surface area contributed by atoms with E-state index in [1.807, 2.05) is 19.1 Å². The lowest BCUT2D eigenvalue weighted by Gasteiger charge is -2.06. The fourth-order valence-electron chi connectivity index (χ4n) is 1.90. The minimum atomic E-state index is -0.173. The van der Waals surface area contributed by atoms with Gasteiger partial charge in [-0.2, -0.15) is 5.26 Å². The summed E-state index contributed by atoms with van der Waals surface area (Å²) in [6, 6.07) is 9.12. The first-order chi connectivity index (χ1) is 10.2. The fraction of sp³-hybridized carbons (Fsp3) is 0.267. The number of benzene rings is 1. The molecule has 0 atom stereocenters. The van der Waals surface area contributed by atoms with Crippen molar-refractivity contribution >= 4 is 11.8 Å². The fourth-order valence-corrected chi connectivity index (χ4v) is 2.77. The van der Waals surface area contributed by atoms with E-state index in [2.05, 4.69) is 16.0 Å². The van der Waals surface area contributed by atoms with Crippen molar-refractivity contribution in [3.8, 4) is 6.07 Å². The molecule has 2 aromatic rings. The van der Waals surface area contributed by atoms with Crippen molar-refractivity contribution in [2.24, 2.45) is 5.73 Å². The molecule has 0 unspecified atom stereocenters. The van der Waals surface area contributed by atoms with Crippen molar-refractivity contribution in [3.05, 3.63) is 51.4 Å². The number of nitrogens with zero attached hydrogens (tertiary/aromatic N) is 2. The Morgan fingerprint density at radius 2 is 2.24 bits per heavy atom. The van der Waals surface area contributed by atoms with Crippen LogP contribution in [0.1, 0.15) is 30.2 Å². The van der Waals surface area contributed by atoms with Gasteiger partial charge in [0.25, 0.3) is 5.56 Å². The highest BCUT2D eigenvalue weighted by atomic mass is 32.2. The van der Waals surface area contributed by atoms with Gasteiger partial charge in [0.2, 0.25) is 0 Å². The highest BCUT2D eigenvalue weighted by molar-refractivity contribution is 7.99. The largest absolute Gasteiger partial charge is 0.326 e. The Kier molecular flexibility index (Phi) is 5.14. The van der Waals surface area contributed by atoms with E-state index in [4.69, 9.17) is 5.73 Å². The second kappa shape index (κ2) is 7.07. The molecule has 5 nitrogen and oxygen atoms in total. The van der Waals surface area contributed by atoms with Crippen molar-refractivity contribution in [1.29, 1.82) is 5.26 Å². The Morgan fingerprint density at radius 3 is 2.90 bits per heavy atom. The molecule has 1 aromatic heterocycles. The number of nitrogens with one attached hydrogen (secondary N) is 1. The van der Waals surface area contributed by atoms with E-state index in [9.17, 15) is 10.1 Å². The zero-order valence-corrected chi connectivity index (χ0v) is 12.5. The first-order valence-electron chi connectivity index (χ1n) is 6.67. The Labute approximate surface area is 127 Å². The molecule has 6 heteroatoms. The lowest BCUT2D eigenvalue weighted by Crippen LogP contribution is -2.10. The molecule has 0 fully saturated rings. The first kappa shape index (κ1) is 15.3. The molecule has 0 radical (unpaired) electrons. The van der Waals surface area contributed by atoms with Crippen molar-refractivity contribution < 1.29 is 0 Å². The van der Waals surface area contributed by atoms with Gasteiger partial charge in [-0.25, -0.2) is 4.98 Å². The van der Waals surface area contributed by atoms with Gasteiger partial charge in [-0.15, -0.1) is 0 Å². The van der Waals surface area contributed by atoms with Gasteiger partial charge in [-0.1, -0.05) is 31.2 Å². The maximum absolute atomic E-state index is 11.6. The van der Waals surface area contributed by atoms with E-state index in [0.717, 1.165) is 29.0 Å². The number of H-pyrrole nitrogens is 1. The van der Waals surface area contributed by atoms with Gasteiger partial charge in [0.15, 0.2) is 5.16 Å². The molecule has 0 bridgehead atoms. The average Bonchev–Trinajstić information content (AvgIpc) is 2.47. The van der Waals surface area contributed by atoms with Crippen LogP contribution in [0.3, 0.4) is 0 Å². The van der Waals surface area contributed by atoms with Crippen molar-refractivity contribution in [3.63, 3.8) is 0 Å². The highest BCUT2D eigenvalue weighted by Gasteiger charge is 2.08. The highest BCUT2D eigenvalue weighted by Crippen LogP contribution is 2.28. The summed E-state index contributed by atoms with van der Waals surface area (Å²) in [5.74, 6) is 0. The molecule has 0 saturated heterocycles. The van der Waals surface area contributed by atoms with Crippen LogP contribution in [0, 0.1) is 11.3 Å². The molecule has 2 rings (SSSR count). The molecule has 21 heavy (non-hydrogen) atoms. The van der Waals surface area contributed by atoms with Crippen LogP contribution >= 0.6 is 11.8 Å². The average molecular weight is 300 g/mol. The quantitative estimate of drug-likeness (QED) is 0.825. The zero-order valence-electron chi connectivity index (χ0n) is 11.7. The topological polar surface area (TPSA) is 95.6 Å². The molecule has 0 aliphatic rings. The number of hydrogen-bond acceptors (Lipinski definition) is 5. The summed E-state index contributed by atoms with van der Waals surface area (Å²) in [7, 11) is 0. The van der Waals surface area contributed by atoms with Crippen molar-refractivity contribution in [1.82, 2.24) is 9.97 Å². The smallest absolute Gasteiger partial charge is 0.251 e. The Morgan fingerprint density at radius 1 is 1.43 bits per heavy atom. The molecular formula is C15H16N4OS. The van der Waals surface area contributed by atoms with Crippen LogP contribution in [-0.2, 0) is 13.0 Å². The van der Waals surface area contributed by atoms with E-state index in [0.29, 0.717) is 17.3 Å². The van der Waals surface area contributed by atoms with Gasteiger partial charge in [0.05, 0.1) is 5.56 Å². The van der Waals surface area contributed by atoms with Crippen LogP contribution in [-0.4, -0.2) is 9.97 Å². The number of aryl methyl sites for hydroxylation is 1. The van der Waals surface area contributed by atoms with Gasteiger partial charge in [0.1, 0.15) is 6.07 Å². The normalized spacial score (nSPS) is 10.3. The summed E-state index contributed by atoms with van der Waals surface area (Å²) in [6.07, 6.45) is 1.68. The SMILES string of the molecule is CCCc1cc(=O)[nH]c(Sc2ccc(CN)cc2C#N)n1. The van der Waals surface area contributed by atoms with Crippen LogP contribution in [0.25, 0.3) is 0 Å². The molecule has 0 amide bonds. The molecule has 0 aliphatic heterocycles. The Hall–Kier alpha value is -2.10. The predicted molar refractivity (Wildman–Crippen MR) is 82.0 cm³/mol. The third kappa shape index (κ3) is 3.94. The summed E-state index contributed by atoms with van der Waals surface area (Å²) in [5.41, 5.74) is 7.60. The van der Waals surface area contributed by atoms with Crippen LogP contribution in [0.2, 0.25) is 0 Å². The lowest BCUT2D eigenvalue weighted by molar-refractivity contribution is 0.816. The van der Waals surface area contributed by atoms with Gasteiger partial charge in [-0.3, -0.25) is 4.79 Å². The Balaban J connectivity index is 2.34. The molecular weight excluding hydrogens is 284 g/mol. The second-order valence-electron chi connectivity index (χ2n) is 4.54. The van der Waals surface area contributed by atoms with Gasteiger partial charge in [0, 0.05) is 23.2 Å². The van der Waals surface area contributed by atoms with Gasteiger partial charge in [-0.05, 0) is 24.1 Å². The number of aromatic nitrogens is 2. The first-order valence-corrected chi connectivity index (χ1v) is 7.49. The monoisotopic (exact) mass is 300 g/mol. The minimum Gasteiger partial charge on any atom is -0.326 e. The molecule has 3 N–H and O–H groups in total. The zero-order chi connectivity index (χ0) is 15.2. The summed E-state index contributed by atoms with van der Waals surface area (Å²) < 4.78 is 0. The summed E-state index contributed by atoms with van der Waals surface area (Å²) in [5, 5.41) is 9.72. The van der Waals surface area contributed by atoms with E-state index in [1.54, 1.807) is 6.07 Å². The molecule has 0 aliphatic carbocycles. The molecule has 1 aromatic carbocycles. The summed E-state index contributed by atoms with van der Waals surface area (Å²) in [6.45, 7) is 2.43. The second-order valence-corrected chi connectivity index (χ2v) is 5.57.